The summed E-state index contributed by atoms with van der Waals surface area (Å²) in [6, 6.07) is 0. The van der Waals surface area contributed by atoms with Crippen LogP contribution in [-0.2, 0) is 27.9 Å². The number of allylic oxidation sites excluding steroid dienone is 8. The summed E-state index contributed by atoms with van der Waals surface area (Å²) in [7, 11) is -4.28. The predicted octanol–water partition coefficient (Wildman–Crippen LogP) is 13.6. The molecule has 0 saturated carbocycles. The Kier molecular flexibility index (Phi) is 42.4. The summed E-state index contributed by atoms with van der Waals surface area (Å²) in [5.41, 5.74) is 5.37. The summed E-state index contributed by atoms with van der Waals surface area (Å²) in [6.45, 7) is 4.87. The van der Waals surface area contributed by atoms with Crippen LogP contribution in [0.15, 0.2) is 48.6 Å². The fourth-order valence-corrected chi connectivity index (χ4v) is 6.88. The minimum atomic E-state index is -4.28. The number of phosphoric acid groups is 1. The topological polar surface area (TPSA) is 117 Å². The van der Waals surface area contributed by atoms with Gasteiger partial charge in [-0.15, -0.1) is 0 Å². The van der Waals surface area contributed by atoms with Gasteiger partial charge in [0.25, 0.3) is 0 Å². The zero-order valence-electron chi connectivity index (χ0n) is 35.7. The highest BCUT2D eigenvalue weighted by atomic mass is 31.2. The second-order valence-corrected chi connectivity index (χ2v) is 16.4. The van der Waals surface area contributed by atoms with Crippen LogP contribution >= 0.6 is 7.82 Å². The summed E-state index contributed by atoms with van der Waals surface area (Å²) in [6.07, 6.45) is 51.3. The molecule has 9 heteroatoms. The maximum absolute atomic E-state index is 12.6. The predicted molar refractivity (Wildman–Crippen MR) is 233 cm³/mol. The smallest absolute Gasteiger partial charge is 0.457 e. The minimum Gasteiger partial charge on any atom is -0.457 e. The monoisotopic (exact) mass is 796 g/mol. The van der Waals surface area contributed by atoms with Gasteiger partial charge in [0.05, 0.1) is 19.8 Å². The van der Waals surface area contributed by atoms with Gasteiger partial charge < -0.3 is 20.1 Å². The number of hydrogen-bond donors (Lipinski definition) is 2. The van der Waals surface area contributed by atoms with Gasteiger partial charge in [0.1, 0.15) is 6.10 Å². The van der Waals surface area contributed by atoms with Crippen LogP contribution in [0.1, 0.15) is 200 Å². The van der Waals surface area contributed by atoms with E-state index in [-0.39, 0.29) is 32.3 Å². The SMILES string of the molecule is CCCCC/C=C\CCCCCCCCOCC(COP(=O)(O)OCCN)OC(=O)CCCCCCCCCC/C=C\C/C=C\C/C=C\CCCCCCC. The van der Waals surface area contributed by atoms with Crippen molar-refractivity contribution in [3.05, 3.63) is 48.6 Å². The van der Waals surface area contributed by atoms with Gasteiger partial charge in [0.2, 0.25) is 0 Å². The minimum absolute atomic E-state index is 0.0967. The number of carbonyl (C=O) groups excluding carboxylic acids is 1. The number of unbranched alkanes of at least 4 members (excludes halogenated alkanes) is 22. The van der Waals surface area contributed by atoms with Gasteiger partial charge in [-0.2, -0.15) is 0 Å². The van der Waals surface area contributed by atoms with Gasteiger partial charge in [-0.3, -0.25) is 13.8 Å². The quantitative estimate of drug-likeness (QED) is 0.0271. The molecule has 0 bridgehead atoms. The van der Waals surface area contributed by atoms with Crippen molar-refractivity contribution in [2.24, 2.45) is 5.73 Å². The normalized spacial score (nSPS) is 13.9. The van der Waals surface area contributed by atoms with Crippen molar-refractivity contribution in [1.82, 2.24) is 0 Å². The lowest BCUT2D eigenvalue weighted by Crippen LogP contribution is -2.28. The highest BCUT2D eigenvalue weighted by Gasteiger charge is 2.25. The Morgan fingerprint density at radius 1 is 0.545 bits per heavy atom. The van der Waals surface area contributed by atoms with E-state index in [1.165, 1.54) is 128 Å². The van der Waals surface area contributed by atoms with E-state index in [0.29, 0.717) is 13.0 Å². The van der Waals surface area contributed by atoms with Crippen LogP contribution in [0.4, 0.5) is 0 Å². The lowest BCUT2D eigenvalue weighted by atomic mass is 10.1. The van der Waals surface area contributed by atoms with Gasteiger partial charge >= 0.3 is 13.8 Å². The molecule has 8 nitrogen and oxygen atoms in total. The molecule has 0 radical (unpaired) electrons. The fourth-order valence-electron chi connectivity index (χ4n) is 6.12. The van der Waals surface area contributed by atoms with Crippen molar-refractivity contribution in [1.29, 1.82) is 0 Å². The number of ether oxygens (including phenoxy) is 2. The van der Waals surface area contributed by atoms with E-state index >= 15 is 0 Å². The molecule has 3 N–H and O–H groups in total. The molecule has 0 amide bonds. The van der Waals surface area contributed by atoms with E-state index in [2.05, 4.69) is 62.5 Å². The van der Waals surface area contributed by atoms with Crippen LogP contribution in [0.2, 0.25) is 0 Å². The van der Waals surface area contributed by atoms with Crippen molar-refractivity contribution in [3.63, 3.8) is 0 Å². The van der Waals surface area contributed by atoms with E-state index < -0.39 is 13.9 Å². The van der Waals surface area contributed by atoms with E-state index in [4.69, 9.17) is 24.3 Å². The third-order valence-corrected chi connectivity index (χ3v) is 10.5. The van der Waals surface area contributed by atoms with Crippen LogP contribution in [0.25, 0.3) is 0 Å². The molecule has 55 heavy (non-hydrogen) atoms. The van der Waals surface area contributed by atoms with E-state index in [1.807, 2.05) is 0 Å². The summed E-state index contributed by atoms with van der Waals surface area (Å²) in [5, 5.41) is 0. The molecule has 0 aromatic heterocycles. The number of esters is 1. The Morgan fingerprint density at radius 3 is 1.49 bits per heavy atom. The molecule has 0 aromatic carbocycles. The molecular weight excluding hydrogens is 709 g/mol. The average molecular weight is 796 g/mol. The standard InChI is InChI=1S/C46H86NO7P/c1-3-5-7-9-11-13-15-17-18-19-20-21-22-23-24-25-26-27-29-31-33-35-37-39-46(48)54-45(44-53-55(49,50)52-42-40-47)43-51-41-38-36-34-32-30-28-16-14-12-10-8-6-4-2/h12,14-15,17,19-20,22-23,45H,3-11,13,16,18,21,24-44,47H2,1-2H3,(H,49,50)/b14-12-,17-15-,20-19-,23-22-. The number of phosphoric ester groups is 1. The molecule has 0 heterocycles. The van der Waals surface area contributed by atoms with Crippen molar-refractivity contribution in [3.8, 4) is 0 Å². The third-order valence-electron chi connectivity index (χ3n) is 9.47. The largest absolute Gasteiger partial charge is 0.472 e. The molecule has 0 aliphatic rings. The fraction of sp³-hybridized carbons (Fsp3) is 0.804. The maximum atomic E-state index is 12.6. The van der Waals surface area contributed by atoms with Crippen LogP contribution in [0.3, 0.4) is 0 Å². The molecule has 322 valence electrons. The molecular formula is C46H86NO7P. The number of carbonyl (C=O) groups is 1. The first-order valence-electron chi connectivity index (χ1n) is 22.6. The lowest BCUT2D eigenvalue weighted by Gasteiger charge is -2.20. The average Bonchev–Trinajstić information content (AvgIpc) is 3.17. The third kappa shape index (κ3) is 43.4. The Labute approximate surface area is 339 Å². The number of nitrogens with two attached hydrogens (primary N) is 1. The van der Waals surface area contributed by atoms with Gasteiger partial charge in [0, 0.05) is 19.6 Å². The van der Waals surface area contributed by atoms with Gasteiger partial charge in [-0.05, 0) is 77.0 Å². The summed E-state index contributed by atoms with van der Waals surface area (Å²) < 4.78 is 33.4. The highest BCUT2D eigenvalue weighted by molar-refractivity contribution is 7.47. The Bertz CT molecular complexity index is 983. The van der Waals surface area contributed by atoms with Gasteiger partial charge in [0.15, 0.2) is 0 Å². The van der Waals surface area contributed by atoms with E-state index in [9.17, 15) is 14.3 Å². The van der Waals surface area contributed by atoms with Crippen LogP contribution in [0.5, 0.6) is 0 Å². The molecule has 2 atom stereocenters. The molecule has 0 rings (SSSR count). The highest BCUT2D eigenvalue weighted by Crippen LogP contribution is 2.43. The Balaban J connectivity index is 4.00. The molecule has 0 saturated heterocycles. The first-order valence-corrected chi connectivity index (χ1v) is 24.1. The zero-order valence-corrected chi connectivity index (χ0v) is 36.6. The number of rotatable bonds is 43. The molecule has 0 aliphatic carbocycles. The van der Waals surface area contributed by atoms with E-state index in [1.54, 1.807) is 0 Å². The van der Waals surface area contributed by atoms with Crippen LogP contribution in [-0.4, -0.2) is 49.9 Å². The van der Waals surface area contributed by atoms with E-state index in [0.717, 1.165) is 51.4 Å². The van der Waals surface area contributed by atoms with Gasteiger partial charge in [-0.25, -0.2) is 4.57 Å². The van der Waals surface area contributed by atoms with Crippen LogP contribution < -0.4 is 5.73 Å². The molecule has 0 aromatic rings. The summed E-state index contributed by atoms with van der Waals surface area (Å²) in [5.74, 6) is -0.340. The first-order chi connectivity index (χ1) is 26.9. The van der Waals surface area contributed by atoms with Crippen molar-refractivity contribution >= 4 is 13.8 Å². The lowest BCUT2D eigenvalue weighted by molar-refractivity contribution is -0.154. The van der Waals surface area contributed by atoms with Crippen molar-refractivity contribution in [2.45, 2.75) is 206 Å². The number of hydrogen-bond acceptors (Lipinski definition) is 7. The first kappa shape index (κ1) is 53.5. The van der Waals surface area contributed by atoms with Crippen LogP contribution in [0, 0.1) is 0 Å². The summed E-state index contributed by atoms with van der Waals surface area (Å²) >= 11 is 0. The molecule has 0 aliphatic heterocycles. The Morgan fingerprint density at radius 2 is 0.964 bits per heavy atom. The molecule has 2 unspecified atom stereocenters. The molecule has 0 fully saturated rings. The van der Waals surface area contributed by atoms with Crippen molar-refractivity contribution < 1.29 is 32.8 Å². The summed E-state index contributed by atoms with van der Waals surface area (Å²) in [4.78, 5) is 22.5. The Hall–Kier alpha value is -1.54. The second kappa shape index (κ2) is 43.6. The second-order valence-electron chi connectivity index (χ2n) is 14.9. The molecule has 0 spiro atoms. The van der Waals surface area contributed by atoms with Gasteiger partial charge in [-0.1, -0.05) is 165 Å². The zero-order chi connectivity index (χ0) is 40.2. The maximum Gasteiger partial charge on any atom is 0.472 e. The van der Waals surface area contributed by atoms with Crippen molar-refractivity contribution in [2.75, 3.05) is 33.0 Å².